The van der Waals surface area contributed by atoms with Gasteiger partial charge in [0.1, 0.15) is 17.1 Å². The van der Waals surface area contributed by atoms with E-state index < -0.39 is 0 Å². The van der Waals surface area contributed by atoms with E-state index in [1.54, 1.807) is 32.4 Å². The Kier molecular flexibility index (Phi) is 6.77. The van der Waals surface area contributed by atoms with Crippen LogP contribution < -0.4 is 10.1 Å². The molecule has 0 bridgehead atoms. The number of carbonyl (C=O) groups is 1. The minimum atomic E-state index is -0.371. The Labute approximate surface area is 148 Å². The van der Waals surface area contributed by atoms with Gasteiger partial charge in [0.25, 0.3) is 0 Å². The second kappa shape index (κ2) is 9.03. The number of pyridine rings is 1. The first-order valence-corrected chi connectivity index (χ1v) is 8.23. The molecule has 0 aliphatic heterocycles. The second-order valence-electron chi connectivity index (χ2n) is 5.75. The molecule has 0 amide bonds. The molecule has 6 heteroatoms. The molecule has 1 heterocycles. The topological polar surface area (TPSA) is 63.7 Å². The Balaban J connectivity index is 2.15. The van der Waals surface area contributed by atoms with Crippen molar-refractivity contribution in [3.8, 4) is 5.75 Å². The number of nitrogens with one attached hydrogen (secondary N) is 1. The van der Waals surface area contributed by atoms with Crippen LogP contribution in [0.5, 0.6) is 5.75 Å². The second-order valence-corrected chi connectivity index (χ2v) is 5.75. The van der Waals surface area contributed by atoms with E-state index in [0.717, 1.165) is 11.3 Å². The van der Waals surface area contributed by atoms with Gasteiger partial charge in [0.15, 0.2) is 0 Å². The molecule has 134 valence electrons. The largest absolute Gasteiger partial charge is 0.497 e. The highest BCUT2D eigenvalue weighted by Gasteiger charge is 2.17. The number of esters is 1. The first kappa shape index (κ1) is 18.7. The van der Waals surface area contributed by atoms with Crippen LogP contribution in [0.15, 0.2) is 42.6 Å². The predicted molar refractivity (Wildman–Crippen MR) is 98.1 cm³/mol. The van der Waals surface area contributed by atoms with Crippen molar-refractivity contribution in [2.75, 3.05) is 39.7 Å². The molecule has 1 atom stereocenters. The summed E-state index contributed by atoms with van der Waals surface area (Å²) in [6.45, 7) is 2.72. The number of hydrogen-bond acceptors (Lipinski definition) is 6. The van der Waals surface area contributed by atoms with Crippen LogP contribution in [0, 0.1) is 0 Å². The van der Waals surface area contributed by atoms with Gasteiger partial charge < -0.3 is 19.7 Å². The van der Waals surface area contributed by atoms with Crippen molar-refractivity contribution < 1.29 is 14.3 Å². The summed E-state index contributed by atoms with van der Waals surface area (Å²) in [5.74, 6) is 0.980. The molecule has 1 N–H and O–H groups in total. The summed E-state index contributed by atoms with van der Waals surface area (Å²) in [6, 6.07) is 11.5. The molecular weight excluding hydrogens is 318 g/mol. The first-order valence-electron chi connectivity index (χ1n) is 8.23. The summed E-state index contributed by atoms with van der Waals surface area (Å²) in [5, 5.41) is 3.28. The van der Waals surface area contributed by atoms with Gasteiger partial charge in [-0.25, -0.2) is 9.78 Å². The molecule has 0 spiro atoms. The number of rotatable bonds is 8. The standard InChI is InChI=1S/C19H25N3O3/c1-5-25-19(23)16-7-6-12-20-18(16)21-13-17(22(2)3)14-8-10-15(24-4)11-9-14/h6-12,17H,5,13H2,1-4H3,(H,20,21). The molecule has 0 aliphatic carbocycles. The third-order valence-corrected chi connectivity index (χ3v) is 3.89. The zero-order valence-corrected chi connectivity index (χ0v) is 15.2. The first-order chi connectivity index (χ1) is 12.1. The lowest BCUT2D eigenvalue weighted by molar-refractivity contribution is 0.0527. The van der Waals surface area contributed by atoms with E-state index in [1.807, 2.05) is 38.4 Å². The van der Waals surface area contributed by atoms with Gasteiger partial charge in [0.05, 0.1) is 19.8 Å². The number of nitrogens with zero attached hydrogens (tertiary/aromatic N) is 2. The van der Waals surface area contributed by atoms with Gasteiger partial charge in [0, 0.05) is 12.7 Å². The van der Waals surface area contributed by atoms with Crippen molar-refractivity contribution in [3.63, 3.8) is 0 Å². The van der Waals surface area contributed by atoms with Crippen molar-refractivity contribution in [2.24, 2.45) is 0 Å². The van der Waals surface area contributed by atoms with Gasteiger partial charge in [-0.05, 0) is 50.8 Å². The highest BCUT2D eigenvalue weighted by atomic mass is 16.5. The molecule has 6 nitrogen and oxygen atoms in total. The van der Waals surface area contributed by atoms with Crippen LogP contribution in [0.25, 0.3) is 0 Å². The molecule has 2 rings (SSSR count). The van der Waals surface area contributed by atoms with E-state index in [1.165, 1.54) is 0 Å². The molecule has 0 aliphatic rings. The Morgan fingerprint density at radius 3 is 2.56 bits per heavy atom. The molecule has 1 unspecified atom stereocenters. The van der Waals surface area contributed by atoms with Gasteiger partial charge >= 0.3 is 5.97 Å². The van der Waals surface area contributed by atoms with Crippen LogP contribution in [0.2, 0.25) is 0 Å². The average molecular weight is 343 g/mol. The fourth-order valence-electron chi connectivity index (χ4n) is 2.54. The Morgan fingerprint density at radius 2 is 1.96 bits per heavy atom. The smallest absolute Gasteiger partial charge is 0.341 e. The molecule has 0 saturated heterocycles. The van der Waals surface area contributed by atoms with Crippen molar-refractivity contribution in [2.45, 2.75) is 13.0 Å². The Bertz CT molecular complexity index is 687. The Morgan fingerprint density at radius 1 is 1.24 bits per heavy atom. The van der Waals surface area contributed by atoms with E-state index in [9.17, 15) is 4.79 Å². The third kappa shape index (κ3) is 4.93. The summed E-state index contributed by atoms with van der Waals surface area (Å²) in [6.07, 6.45) is 1.66. The van der Waals surface area contributed by atoms with Gasteiger partial charge in [-0.3, -0.25) is 0 Å². The molecule has 0 saturated carbocycles. The van der Waals surface area contributed by atoms with Crippen LogP contribution in [0.1, 0.15) is 28.9 Å². The van der Waals surface area contributed by atoms with E-state index in [0.29, 0.717) is 24.5 Å². The SMILES string of the molecule is CCOC(=O)c1cccnc1NCC(c1ccc(OC)cc1)N(C)C. The van der Waals surface area contributed by atoms with E-state index in [-0.39, 0.29) is 12.0 Å². The van der Waals surface area contributed by atoms with Crippen LogP contribution in [-0.4, -0.2) is 50.2 Å². The molecule has 0 radical (unpaired) electrons. The summed E-state index contributed by atoms with van der Waals surface area (Å²) in [7, 11) is 5.68. The zero-order valence-electron chi connectivity index (χ0n) is 15.2. The lowest BCUT2D eigenvalue weighted by Gasteiger charge is -2.26. The fourth-order valence-corrected chi connectivity index (χ4v) is 2.54. The monoisotopic (exact) mass is 343 g/mol. The van der Waals surface area contributed by atoms with Gasteiger partial charge in [-0.2, -0.15) is 0 Å². The van der Waals surface area contributed by atoms with E-state index in [2.05, 4.69) is 15.2 Å². The zero-order chi connectivity index (χ0) is 18.2. The van der Waals surface area contributed by atoms with Crippen LogP contribution in [0.3, 0.4) is 0 Å². The molecule has 1 aromatic carbocycles. The minimum Gasteiger partial charge on any atom is -0.497 e. The predicted octanol–water partition coefficient (Wildman–Crippen LogP) is 2.98. The van der Waals surface area contributed by atoms with Crippen molar-refractivity contribution in [1.29, 1.82) is 0 Å². The van der Waals surface area contributed by atoms with Gasteiger partial charge in [-0.1, -0.05) is 12.1 Å². The number of anilines is 1. The fraction of sp³-hybridized carbons (Fsp3) is 0.368. The van der Waals surface area contributed by atoms with Crippen LogP contribution in [-0.2, 0) is 4.74 Å². The number of aromatic nitrogens is 1. The van der Waals surface area contributed by atoms with Crippen molar-refractivity contribution in [1.82, 2.24) is 9.88 Å². The van der Waals surface area contributed by atoms with E-state index in [4.69, 9.17) is 9.47 Å². The normalized spacial score (nSPS) is 11.9. The lowest BCUT2D eigenvalue weighted by Crippen LogP contribution is -2.27. The highest BCUT2D eigenvalue weighted by Crippen LogP contribution is 2.22. The molecule has 2 aromatic rings. The molecule has 0 fully saturated rings. The van der Waals surface area contributed by atoms with Crippen molar-refractivity contribution in [3.05, 3.63) is 53.7 Å². The maximum Gasteiger partial charge on any atom is 0.341 e. The maximum absolute atomic E-state index is 12.1. The summed E-state index contributed by atoms with van der Waals surface area (Å²) < 4.78 is 10.3. The lowest BCUT2D eigenvalue weighted by atomic mass is 10.1. The third-order valence-electron chi connectivity index (χ3n) is 3.89. The molecular formula is C19H25N3O3. The molecule has 25 heavy (non-hydrogen) atoms. The summed E-state index contributed by atoms with van der Waals surface area (Å²) in [4.78, 5) is 18.5. The number of likely N-dealkylation sites (N-methyl/N-ethyl adjacent to an activating group) is 1. The van der Waals surface area contributed by atoms with Crippen molar-refractivity contribution >= 4 is 11.8 Å². The number of benzene rings is 1. The number of carbonyl (C=O) groups excluding carboxylic acids is 1. The van der Waals surface area contributed by atoms with Crippen LogP contribution >= 0.6 is 0 Å². The number of hydrogen-bond donors (Lipinski definition) is 1. The van der Waals surface area contributed by atoms with Gasteiger partial charge in [0.2, 0.25) is 0 Å². The van der Waals surface area contributed by atoms with Gasteiger partial charge in [-0.15, -0.1) is 0 Å². The highest BCUT2D eigenvalue weighted by molar-refractivity contribution is 5.94. The number of ether oxygens (including phenoxy) is 2. The minimum absolute atomic E-state index is 0.114. The number of methoxy groups -OCH3 is 1. The van der Waals surface area contributed by atoms with E-state index >= 15 is 0 Å². The molecule has 1 aromatic heterocycles. The quantitative estimate of drug-likeness (QED) is 0.744. The summed E-state index contributed by atoms with van der Waals surface area (Å²) >= 11 is 0. The van der Waals surface area contributed by atoms with Crippen LogP contribution in [0.4, 0.5) is 5.82 Å². The maximum atomic E-state index is 12.1. The average Bonchev–Trinajstić information content (AvgIpc) is 2.62. The Hall–Kier alpha value is -2.60. The summed E-state index contributed by atoms with van der Waals surface area (Å²) in [5.41, 5.74) is 1.59.